The van der Waals surface area contributed by atoms with Crippen molar-refractivity contribution < 1.29 is 27.2 Å². The van der Waals surface area contributed by atoms with Gasteiger partial charge in [-0.2, -0.15) is 0 Å². The number of ether oxygens (including phenoxy) is 1. The monoisotopic (exact) mass is 484 g/mol. The zero-order valence-electron chi connectivity index (χ0n) is 18.1. The molecule has 1 amide bonds. The number of benzene rings is 2. The number of hydrogen-bond donors (Lipinski definition) is 3. The third-order valence-corrected chi connectivity index (χ3v) is 7.32. The lowest BCUT2D eigenvalue weighted by Gasteiger charge is -2.37. The predicted octanol–water partition coefficient (Wildman–Crippen LogP) is 1.38. The molecule has 7 nitrogen and oxygen atoms in total. The van der Waals surface area contributed by atoms with Crippen molar-refractivity contribution in [2.75, 3.05) is 32.8 Å². The second-order valence-corrected chi connectivity index (χ2v) is 10.6. The Hall–Kier alpha value is -2.04. The number of hydrogen-bond acceptors (Lipinski definition) is 4. The summed E-state index contributed by atoms with van der Waals surface area (Å²) in [7, 11) is -3.85. The van der Waals surface area contributed by atoms with Crippen LogP contribution in [0.4, 0.5) is 4.39 Å². The molecule has 3 N–H and O–H groups in total. The van der Waals surface area contributed by atoms with Crippen LogP contribution in [0.5, 0.6) is 0 Å². The summed E-state index contributed by atoms with van der Waals surface area (Å²) in [6.07, 6.45) is 0. The fourth-order valence-corrected chi connectivity index (χ4v) is 4.79. The SMILES string of the molecule is CC(C)(CNC(=O)c1ccc(CNS(=O)(=O)c2ccc(F)c(Cl)c2)cc1)[NH+]1CCOCC1. The van der Waals surface area contributed by atoms with Crippen LogP contribution in [0.15, 0.2) is 47.4 Å². The Bertz CT molecular complexity index is 1060. The van der Waals surface area contributed by atoms with Crippen molar-refractivity contribution in [3.63, 3.8) is 0 Å². The highest BCUT2D eigenvalue weighted by Gasteiger charge is 2.32. The lowest BCUT2D eigenvalue weighted by Crippen LogP contribution is -3.22. The first-order valence-corrected chi connectivity index (χ1v) is 12.2. The number of carbonyl (C=O) groups excluding carboxylic acids is 1. The van der Waals surface area contributed by atoms with Crippen LogP contribution >= 0.6 is 11.6 Å². The summed E-state index contributed by atoms with van der Waals surface area (Å²) in [4.78, 5) is 13.8. The number of amides is 1. The number of morpholine rings is 1. The summed E-state index contributed by atoms with van der Waals surface area (Å²) in [5.74, 6) is -0.868. The molecule has 32 heavy (non-hydrogen) atoms. The van der Waals surface area contributed by atoms with Gasteiger partial charge < -0.3 is 15.0 Å². The van der Waals surface area contributed by atoms with Crippen molar-refractivity contribution in [3.8, 4) is 0 Å². The summed E-state index contributed by atoms with van der Waals surface area (Å²) in [6.45, 7) is 8.08. The smallest absolute Gasteiger partial charge is 0.251 e. The lowest BCUT2D eigenvalue weighted by molar-refractivity contribution is -0.954. The molecule has 2 aromatic rings. The minimum Gasteiger partial charge on any atom is -0.370 e. The van der Waals surface area contributed by atoms with Crippen molar-refractivity contribution >= 4 is 27.5 Å². The third kappa shape index (κ3) is 6.26. The van der Waals surface area contributed by atoms with Gasteiger partial charge in [0.25, 0.3) is 5.91 Å². The number of quaternary nitrogens is 1. The third-order valence-electron chi connectivity index (χ3n) is 5.63. The quantitative estimate of drug-likeness (QED) is 0.528. The van der Waals surface area contributed by atoms with Crippen LogP contribution in [0.2, 0.25) is 5.02 Å². The van der Waals surface area contributed by atoms with E-state index in [0.29, 0.717) is 17.7 Å². The Labute approximate surface area is 192 Å². The number of nitrogens with one attached hydrogen (secondary N) is 3. The second-order valence-electron chi connectivity index (χ2n) is 8.38. The summed E-state index contributed by atoms with van der Waals surface area (Å²) < 4.78 is 45.9. The highest BCUT2D eigenvalue weighted by Crippen LogP contribution is 2.19. The number of sulfonamides is 1. The van der Waals surface area contributed by atoms with Gasteiger partial charge in [0.05, 0.1) is 29.7 Å². The van der Waals surface area contributed by atoms with E-state index in [1.807, 2.05) is 0 Å². The Balaban J connectivity index is 1.55. The van der Waals surface area contributed by atoms with E-state index in [4.69, 9.17) is 16.3 Å². The molecule has 0 unspecified atom stereocenters. The Morgan fingerprint density at radius 2 is 1.81 bits per heavy atom. The standard InChI is InChI=1S/C22H27ClFN3O4S/c1-22(2,27-9-11-31-12-10-27)15-25-21(28)17-5-3-16(4-6-17)14-26-32(29,30)18-7-8-20(24)19(23)13-18/h3-8,13,26H,9-12,14-15H2,1-2H3,(H,25,28)/p+1. The molecule has 0 radical (unpaired) electrons. The molecule has 0 bridgehead atoms. The maximum absolute atomic E-state index is 13.3. The van der Waals surface area contributed by atoms with Crippen molar-refractivity contribution in [2.24, 2.45) is 0 Å². The Morgan fingerprint density at radius 1 is 1.16 bits per heavy atom. The van der Waals surface area contributed by atoms with E-state index in [1.165, 1.54) is 4.90 Å². The lowest BCUT2D eigenvalue weighted by atomic mass is 10.0. The molecule has 1 aliphatic heterocycles. The van der Waals surface area contributed by atoms with Crippen LogP contribution in [0.1, 0.15) is 29.8 Å². The molecular formula is C22H28ClFN3O4S+. The molecule has 10 heteroatoms. The summed E-state index contributed by atoms with van der Waals surface area (Å²) in [5.41, 5.74) is 1.06. The van der Waals surface area contributed by atoms with E-state index in [-0.39, 0.29) is 27.9 Å². The first-order valence-electron chi connectivity index (χ1n) is 10.3. The molecule has 174 valence electrons. The van der Waals surface area contributed by atoms with Gasteiger partial charge in [-0.1, -0.05) is 23.7 Å². The molecule has 0 saturated carbocycles. The predicted molar refractivity (Wildman–Crippen MR) is 120 cm³/mol. The molecular weight excluding hydrogens is 457 g/mol. The molecule has 3 rings (SSSR count). The van der Waals surface area contributed by atoms with Gasteiger partial charge in [0.15, 0.2) is 0 Å². The minimum absolute atomic E-state index is 0.0205. The first kappa shape index (κ1) is 24.6. The van der Waals surface area contributed by atoms with E-state index in [9.17, 15) is 17.6 Å². The van der Waals surface area contributed by atoms with Gasteiger partial charge in [0, 0.05) is 12.1 Å². The molecule has 1 saturated heterocycles. The van der Waals surface area contributed by atoms with Crippen molar-refractivity contribution in [2.45, 2.75) is 30.8 Å². The van der Waals surface area contributed by atoms with Gasteiger partial charge in [-0.3, -0.25) is 4.79 Å². The second kappa shape index (κ2) is 10.3. The molecule has 0 spiro atoms. The molecule has 0 aliphatic carbocycles. The highest BCUT2D eigenvalue weighted by atomic mass is 35.5. The zero-order chi connectivity index (χ0) is 23.4. The van der Waals surface area contributed by atoms with Gasteiger partial charge in [0.2, 0.25) is 10.0 Å². The average molecular weight is 485 g/mol. The number of halogens is 2. The normalized spacial score (nSPS) is 15.5. The van der Waals surface area contributed by atoms with Gasteiger partial charge in [-0.15, -0.1) is 0 Å². The van der Waals surface area contributed by atoms with Crippen LogP contribution in [0.3, 0.4) is 0 Å². The topological polar surface area (TPSA) is 88.9 Å². The first-order chi connectivity index (χ1) is 15.1. The maximum Gasteiger partial charge on any atom is 0.251 e. The van der Waals surface area contributed by atoms with Crippen molar-refractivity contribution in [1.82, 2.24) is 10.0 Å². The van der Waals surface area contributed by atoms with Crippen LogP contribution in [-0.4, -0.2) is 52.7 Å². The van der Waals surface area contributed by atoms with Gasteiger partial charge >= 0.3 is 0 Å². The van der Waals surface area contributed by atoms with E-state index < -0.39 is 15.8 Å². The van der Waals surface area contributed by atoms with Crippen LogP contribution in [-0.2, 0) is 21.3 Å². The van der Waals surface area contributed by atoms with Gasteiger partial charge in [0.1, 0.15) is 24.4 Å². The summed E-state index contributed by atoms with van der Waals surface area (Å²) in [6, 6.07) is 9.90. The minimum atomic E-state index is -3.85. The Morgan fingerprint density at radius 3 is 2.44 bits per heavy atom. The molecule has 1 aliphatic rings. The van der Waals surface area contributed by atoms with E-state index >= 15 is 0 Å². The van der Waals surface area contributed by atoms with E-state index in [0.717, 1.165) is 44.5 Å². The Kier molecular flexibility index (Phi) is 7.89. The molecule has 0 aromatic heterocycles. The van der Waals surface area contributed by atoms with Crippen LogP contribution in [0, 0.1) is 5.82 Å². The van der Waals surface area contributed by atoms with Gasteiger partial charge in [-0.05, 0) is 49.7 Å². The van der Waals surface area contributed by atoms with E-state index in [2.05, 4.69) is 23.9 Å². The molecule has 0 atom stereocenters. The van der Waals surface area contributed by atoms with Crippen molar-refractivity contribution in [3.05, 3.63) is 64.4 Å². The van der Waals surface area contributed by atoms with Crippen molar-refractivity contribution in [1.29, 1.82) is 0 Å². The summed E-state index contributed by atoms with van der Waals surface area (Å²) in [5, 5.41) is 2.73. The molecule has 2 aromatic carbocycles. The number of carbonyl (C=O) groups is 1. The fraction of sp³-hybridized carbons (Fsp3) is 0.409. The van der Waals surface area contributed by atoms with Gasteiger partial charge in [-0.25, -0.2) is 17.5 Å². The fourth-order valence-electron chi connectivity index (χ4n) is 3.50. The average Bonchev–Trinajstić information content (AvgIpc) is 2.79. The molecule has 1 heterocycles. The maximum atomic E-state index is 13.3. The zero-order valence-corrected chi connectivity index (χ0v) is 19.7. The number of rotatable bonds is 8. The largest absolute Gasteiger partial charge is 0.370 e. The summed E-state index contributed by atoms with van der Waals surface area (Å²) >= 11 is 5.67. The highest BCUT2D eigenvalue weighted by molar-refractivity contribution is 7.89. The molecule has 1 fully saturated rings. The van der Waals surface area contributed by atoms with E-state index in [1.54, 1.807) is 24.3 Å². The van der Waals surface area contributed by atoms with Crippen LogP contribution < -0.4 is 14.9 Å². The van der Waals surface area contributed by atoms with Crippen LogP contribution in [0.25, 0.3) is 0 Å².